The Morgan fingerprint density at radius 1 is 1.47 bits per heavy atom. The van der Waals surface area contributed by atoms with Gasteiger partial charge in [0.25, 0.3) is 0 Å². The SMILES string of the molecule is CCC(C)(C(N)CCc1cccs1)N1CCOCC1. The average Bonchev–Trinajstić information content (AvgIpc) is 2.98. The summed E-state index contributed by atoms with van der Waals surface area (Å²) in [4.78, 5) is 3.96. The number of hydrogen-bond acceptors (Lipinski definition) is 4. The van der Waals surface area contributed by atoms with Gasteiger partial charge in [0.1, 0.15) is 0 Å². The van der Waals surface area contributed by atoms with E-state index >= 15 is 0 Å². The Bertz CT molecular complexity index is 362. The highest BCUT2D eigenvalue weighted by Gasteiger charge is 2.36. The molecular formula is C15H26N2OS. The lowest BCUT2D eigenvalue weighted by molar-refractivity contribution is -0.0281. The lowest BCUT2D eigenvalue weighted by atomic mass is 9.84. The second kappa shape index (κ2) is 6.84. The first-order valence-electron chi connectivity index (χ1n) is 7.27. The van der Waals surface area contributed by atoms with Crippen molar-refractivity contribution in [3.8, 4) is 0 Å². The van der Waals surface area contributed by atoms with Gasteiger partial charge in [0.15, 0.2) is 0 Å². The zero-order chi connectivity index (χ0) is 13.7. The second-order valence-electron chi connectivity index (χ2n) is 5.53. The summed E-state index contributed by atoms with van der Waals surface area (Å²) in [6, 6.07) is 4.54. The molecule has 0 amide bonds. The predicted octanol–water partition coefficient (Wildman–Crippen LogP) is 2.51. The van der Waals surface area contributed by atoms with E-state index in [-0.39, 0.29) is 11.6 Å². The van der Waals surface area contributed by atoms with Crippen molar-refractivity contribution < 1.29 is 4.74 Å². The van der Waals surface area contributed by atoms with E-state index in [2.05, 4.69) is 36.3 Å². The molecule has 0 saturated carbocycles. The number of thiophene rings is 1. The number of aryl methyl sites for hydroxylation is 1. The molecule has 2 rings (SSSR count). The molecule has 4 heteroatoms. The fourth-order valence-corrected chi connectivity index (χ4v) is 3.58. The van der Waals surface area contributed by atoms with Gasteiger partial charge in [-0.05, 0) is 37.6 Å². The van der Waals surface area contributed by atoms with Gasteiger partial charge >= 0.3 is 0 Å². The first-order valence-corrected chi connectivity index (χ1v) is 8.15. The van der Waals surface area contributed by atoms with Crippen LogP contribution >= 0.6 is 11.3 Å². The van der Waals surface area contributed by atoms with Gasteiger partial charge in [0.2, 0.25) is 0 Å². The number of hydrogen-bond donors (Lipinski definition) is 1. The molecule has 1 saturated heterocycles. The summed E-state index contributed by atoms with van der Waals surface area (Å²) in [7, 11) is 0. The maximum atomic E-state index is 6.53. The zero-order valence-electron chi connectivity index (χ0n) is 12.1. The zero-order valence-corrected chi connectivity index (χ0v) is 12.9. The van der Waals surface area contributed by atoms with Gasteiger partial charge in [0, 0.05) is 29.5 Å². The number of ether oxygens (including phenoxy) is 1. The van der Waals surface area contributed by atoms with Crippen LogP contribution in [0.1, 0.15) is 31.6 Å². The summed E-state index contributed by atoms with van der Waals surface area (Å²) < 4.78 is 5.46. The van der Waals surface area contributed by atoms with Gasteiger partial charge < -0.3 is 10.5 Å². The molecule has 0 aliphatic carbocycles. The molecule has 0 radical (unpaired) electrons. The molecule has 0 bridgehead atoms. The smallest absolute Gasteiger partial charge is 0.0594 e. The fourth-order valence-electron chi connectivity index (χ4n) is 2.86. The minimum atomic E-state index is 0.0983. The Balaban J connectivity index is 1.94. The molecule has 3 nitrogen and oxygen atoms in total. The topological polar surface area (TPSA) is 38.5 Å². The third-order valence-corrected chi connectivity index (χ3v) is 5.47. The van der Waals surface area contributed by atoms with E-state index in [0.717, 1.165) is 45.6 Å². The summed E-state index contributed by atoms with van der Waals surface area (Å²) in [5.74, 6) is 0. The van der Waals surface area contributed by atoms with Crippen LogP contribution in [0.15, 0.2) is 17.5 Å². The van der Waals surface area contributed by atoms with Crippen molar-refractivity contribution in [2.24, 2.45) is 5.73 Å². The highest BCUT2D eigenvalue weighted by molar-refractivity contribution is 7.09. The van der Waals surface area contributed by atoms with Crippen molar-refractivity contribution in [2.75, 3.05) is 26.3 Å². The minimum absolute atomic E-state index is 0.0983. The van der Waals surface area contributed by atoms with Crippen molar-refractivity contribution in [3.05, 3.63) is 22.4 Å². The average molecular weight is 282 g/mol. The molecular weight excluding hydrogens is 256 g/mol. The van der Waals surface area contributed by atoms with Crippen LogP contribution in [0.3, 0.4) is 0 Å². The van der Waals surface area contributed by atoms with Crippen molar-refractivity contribution >= 4 is 11.3 Å². The molecule has 2 N–H and O–H groups in total. The maximum absolute atomic E-state index is 6.53. The van der Waals surface area contributed by atoms with Crippen molar-refractivity contribution in [1.82, 2.24) is 4.90 Å². The first-order chi connectivity index (χ1) is 9.16. The summed E-state index contributed by atoms with van der Waals surface area (Å²) in [5, 5.41) is 2.14. The van der Waals surface area contributed by atoms with E-state index in [1.807, 2.05) is 11.3 Å². The molecule has 0 aromatic carbocycles. The highest BCUT2D eigenvalue weighted by Crippen LogP contribution is 2.26. The Morgan fingerprint density at radius 3 is 2.79 bits per heavy atom. The lowest BCUT2D eigenvalue weighted by Gasteiger charge is -2.46. The van der Waals surface area contributed by atoms with Crippen LogP contribution in [0, 0.1) is 0 Å². The molecule has 1 aromatic heterocycles. The Morgan fingerprint density at radius 2 is 2.21 bits per heavy atom. The molecule has 2 unspecified atom stereocenters. The molecule has 1 aliphatic rings. The third-order valence-electron chi connectivity index (χ3n) is 4.53. The Labute approximate surface area is 120 Å². The number of morpholine rings is 1. The van der Waals surface area contributed by atoms with Gasteiger partial charge in [-0.1, -0.05) is 13.0 Å². The van der Waals surface area contributed by atoms with Crippen LogP contribution in [0.25, 0.3) is 0 Å². The lowest BCUT2D eigenvalue weighted by Crippen LogP contribution is -2.60. The highest BCUT2D eigenvalue weighted by atomic mass is 32.1. The van der Waals surface area contributed by atoms with Crippen LogP contribution in [-0.2, 0) is 11.2 Å². The fraction of sp³-hybridized carbons (Fsp3) is 0.733. The van der Waals surface area contributed by atoms with Crippen LogP contribution in [0.4, 0.5) is 0 Å². The van der Waals surface area contributed by atoms with Gasteiger partial charge in [-0.3, -0.25) is 4.90 Å². The minimum Gasteiger partial charge on any atom is -0.379 e. The third kappa shape index (κ3) is 3.57. The van der Waals surface area contributed by atoms with Crippen LogP contribution in [-0.4, -0.2) is 42.8 Å². The Hall–Kier alpha value is -0.420. The summed E-state index contributed by atoms with van der Waals surface area (Å²) in [5.41, 5.74) is 6.63. The molecule has 108 valence electrons. The van der Waals surface area contributed by atoms with E-state index in [1.54, 1.807) is 0 Å². The van der Waals surface area contributed by atoms with Gasteiger partial charge in [-0.15, -0.1) is 11.3 Å². The summed E-state index contributed by atoms with van der Waals surface area (Å²) in [6.07, 6.45) is 3.25. The van der Waals surface area contributed by atoms with Crippen molar-refractivity contribution in [1.29, 1.82) is 0 Å². The van der Waals surface area contributed by atoms with Crippen LogP contribution in [0.2, 0.25) is 0 Å². The molecule has 1 fully saturated rings. The second-order valence-corrected chi connectivity index (χ2v) is 6.57. The molecule has 1 aromatic rings. The monoisotopic (exact) mass is 282 g/mol. The van der Waals surface area contributed by atoms with E-state index in [0.29, 0.717) is 0 Å². The molecule has 1 aliphatic heterocycles. The van der Waals surface area contributed by atoms with Crippen molar-refractivity contribution in [3.63, 3.8) is 0 Å². The van der Waals surface area contributed by atoms with E-state index < -0.39 is 0 Å². The molecule has 2 atom stereocenters. The van der Waals surface area contributed by atoms with E-state index in [4.69, 9.17) is 10.5 Å². The van der Waals surface area contributed by atoms with Crippen LogP contribution < -0.4 is 5.73 Å². The van der Waals surface area contributed by atoms with E-state index in [1.165, 1.54) is 4.88 Å². The largest absolute Gasteiger partial charge is 0.379 e. The normalized spacial score (nSPS) is 22.1. The maximum Gasteiger partial charge on any atom is 0.0594 e. The number of rotatable bonds is 6. The van der Waals surface area contributed by atoms with E-state index in [9.17, 15) is 0 Å². The van der Waals surface area contributed by atoms with Gasteiger partial charge in [-0.25, -0.2) is 0 Å². The van der Waals surface area contributed by atoms with Gasteiger partial charge in [0.05, 0.1) is 13.2 Å². The van der Waals surface area contributed by atoms with Gasteiger partial charge in [-0.2, -0.15) is 0 Å². The predicted molar refractivity (Wildman–Crippen MR) is 81.7 cm³/mol. The van der Waals surface area contributed by atoms with Crippen LogP contribution in [0.5, 0.6) is 0 Å². The quantitative estimate of drug-likeness (QED) is 0.871. The van der Waals surface area contributed by atoms with Crippen molar-refractivity contribution in [2.45, 2.75) is 44.7 Å². The number of nitrogens with zero attached hydrogens (tertiary/aromatic N) is 1. The molecule has 19 heavy (non-hydrogen) atoms. The Kier molecular flexibility index (Phi) is 5.39. The summed E-state index contributed by atoms with van der Waals surface area (Å²) >= 11 is 1.83. The molecule has 0 spiro atoms. The number of nitrogens with two attached hydrogens (primary N) is 1. The summed E-state index contributed by atoms with van der Waals surface area (Å²) in [6.45, 7) is 8.27. The molecule has 2 heterocycles. The standard InChI is InChI=1S/C15H26N2OS/c1-3-15(2,17-8-10-18-11-9-17)14(16)7-6-13-5-4-12-19-13/h4-5,12,14H,3,6-11,16H2,1-2H3. The first kappa shape index (κ1) is 15.0.